The molecular weight excluding hydrogens is 496 g/mol. The van der Waals surface area contributed by atoms with Gasteiger partial charge in [0.2, 0.25) is 0 Å². The molecule has 0 radical (unpaired) electrons. The minimum atomic E-state index is -0.857. The molecule has 2 aromatic carbocycles. The second kappa shape index (κ2) is 10.1. The fraction of sp³-hybridized carbons (Fsp3) is 0.259. The lowest BCUT2D eigenvalue weighted by atomic mass is 9.93. The molecular formula is C27H29ClN4O3S. The summed E-state index contributed by atoms with van der Waals surface area (Å²) in [5.74, 6) is -0.857. The van der Waals surface area contributed by atoms with E-state index in [1.165, 1.54) is 0 Å². The van der Waals surface area contributed by atoms with Gasteiger partial charge in [-0.1, -0.05) is 23.7 Å². The normalized spacial score (nSPS) is 14.9. The van der Waals surface area contributed by atoms with Crippen LogP contribution in [0, 0.1) is 6.92 Å². The van der Waals surface area contributed by atoms with E-state index in [4.69, 9.17) is 21.7 Å². The van der Waals surface area contributed by atoms with Crippen molar-refractivity contribution >= 4 is 44.7 Å². The first-order valence-corrected chi connectivity index (χ1v) is 12.7. The van der Waals surface area contributed by atoms with Gasteiger partial charge in [0, 0.05) is 22.4 Å². The molecule has 0 saturated heterocycles. The van der Waals surface area contributed by atoms with Crippen LogP contribution in [0.4, 0.5) is 0 Å². The number of nitrogens with one attached hydrogen (secondary N) is 2. The van der Waals surface area contributed by atoms with Crippen LogP contribution in [0.2, 0.25) is 5.02 Å². The van der Waals surface area contributed by atoms with Gasteiger partial charge in [-0.2, -0.15) is 0 Å². The minimum Gasteiger partial charge on any atom is -0.481 e. The predicted octanol–water partition coefficient (Wildman–Crippen LogP) is 5.80. The van der Waals surface area contributed by atoms with Crippen LogP contribution in [0.15, 0.2) is 60.1 Å². The molecule has 0 atom stereocenters. The summed E-state index contributed by atoms with van der Waals surface area (Å²) in [6.07, 6.45) is 6.02. The van der Waals surface area contributed by atoms with Gasteiger partial charge in [0.25, 0.3) is 0 Å². The zero-order chi connectivity index (χ0) is 26.2. The number of thiazole rings is 1. The molecule has 188 valence electrons. The Kier molecular flexibility index (Phi) is 7.24. The smallest absolute Gasteiger partial charge is 0.307 e. The van der Waals surface area contributed by atoms with Gasteiger partial charge in [-0.15, -0.1) is 16.9 Å². The molecule has 0 bridgehead atoms. The Labute approximate surface area is 219 Å². The summed E-state index contributed by atoms with van der Waals surface area (Å²) in [6.45, 7) is 9.18. The van der Waals surface area contributed by atoms with Gasteiger partial charge in [-0.05, 0) is 81.7 Å². The third-order valence-electron chi connectivity index (χ3n) is 5.42. The van der Waals surface area contributed by atoms with Crippen molar-refractivity contribution in [3.63, 3.8) is 0 Å². The number of benzene rings is 2. The first-order valence-electron chi connectivity index (χ1n) is 11.5. The van der Waals surface area contributed by atoms with Crippen molar-refractivity contribution in [2.24, 2.45) is 0 Å². The van der Waals surface area contributed by atoms with E-state index in [1.807, 2.05) is 61.5 Å². The molecule has 3 heterocycles. The van der Waals surface area contributed by atoms with E-state index < -0.39 is 11.6 Å². The molecule has 2 aliphatic heterocycles. The van der Waals surface area contributed by atoms with E-state index in [2.05, 4.69) is 17.0 Å². The van der Waals surface area contributed by atoms with Gasteiger partial charge >= 0.3 is 5.97 Å². The number of carboxylic acid groups (broad SMARTS) is 1. The van der Waals surface area contributed by atoms with Gasteiger partial charge in [-0.25, -0.2) is 4.98 Å². The SMILES string of the molecule is CC(C)(C)O.CC1=C2C=C(c3nc4cc(C)c(CC(=O)O)c(-c5ccc(Cl)cc5)c4s3)C=CN2NN1. The molecule has 0 unspecified atom stereocenters. The van der Waals surface area contributed by atoms with Crippen LogP contribution in [-0.2, 0) is 11.2 Å². The highest BCUT2D eigenvalue weighted by atomic mass is 35.5. The Morgan fingerprint density at radius 3 is 2.50 bits per heavy atom. The summed E-state index contributed by atoms with van der Waals surface area (Å²) in [5, 5.41) is 21.5. The van der Waals surface area contributed by atoms with Crippen molar-refractivity contribution in [1.82, 2.24) is 21.0 Å². The Bertz CT molecular complexity index is 1410. The van der Waals surface area contributed by atoms with E-state index in [-0.39, 0.29) is 6.42 Å². The van der Waals surface area contributed by atoms with Crippen LogP contribution in [0.1, 0.15) is 43.8 Å². The molecule has 0 fully saturated rings. The largest absolute Gasteiger partial charge is 0.481 e. The van der Waals surface area contributed by atoms with E-state index in [9.17, 15) is 9.90 Å². The highest BCUT2D eigenvalue weighted by Crippen LogP contribution is 2.41. The standard InChI is InChI=1S/C23H19ClN4O2S.C4H10O/c1-12-9-18-22(21(17(12)11-20(29)30)14-3-5-16(24)6-4-14)31-23(25-18)15-7-8-28-19(10-15)13(2)26-27-28;1-4(2,3)5/h3-10,26-27H,11H2,1-2H3,(H,29,30);5H,1-3H3. The van der Waals surface area contributed by atoms with Gasteiger partial charge < -0.3 is 15.6 Å². The number of carbonyl (C=O) groups is 1. The molecule has 0 spiro atoms. The van der Waals surface area contributed by atoms with Crippen molar-refractivity contribution in [3.05, 3.63) is 81.2 Å². The molecule has 5 rings (SSSR count). The fourth-order valence-corrected chi connectivity index (χ4v) is 5.15. The zero-order valence-corrected chi connectivity index (χ0v) is 22.4. The van der Waals surface area contributed by atoms with Gasteiger partial charge in [0.1, 0.15) is 5.01 Å². The monoisotopic (exact) mass is 524 g/mol. The lowest BCUT2D eigenvalue weighted by Gasteiger charge is -2.18. The summed E-state index contributed by atoms with van der Waals surface area (Å²) in [6, 6.07) is 9.50. The Morgan fingerprint density at radius 2 is 1.86 bits per heavy atom. The second-order valence-electron chi connectivity index (χ2n) is 9.69. The first-order chi connectivity index (χ1) is 16.9. The number of hydrogen-bond acceptors (Lipinski definition) is 7. The maximum absolute atomic E-state index is 11.6. The van der Waals surface area contributed by atoms with Crippen molar-refractivity contribution in [2.75, 3.05) is 0 Å². The topological polar surface area (TPSA) is 97.7 Å². The van der Waals surface area contributed by atoms with Gasteiger partial charge in [0.05, 0.1) is 33.6 Å². The first kappa shape index (κ1) is 25.9. The van der Waals surface area contributed by atoms with E-state index in [1.54, 1.807) is 32.1 Å². The lowest BCUT2D eigenvalue weighted by molar-refractivity contribution is -0.136. The zero-order valence-electron chi connectivity index (χ0n) is 20.8. The Balaban J connectivity index is 0.000000556. The molecule has 0 saturated carbocycles. The predicted molar refractivity (Wildman–Crippen MR) is 146 cm³/mol. The third-order valence-corrected chi connectivity index (χ3v) is 6.81. The molecule has 1 aromatic heterocycles. The number of hydrazine groups is 2. The Hall–Kier alpha value is -3.17. The van der Waals surface area contributed by atoms with E-state index in [0.717, 1.165) is 54.4 Å². The number of allylic oxidation sites excluding steroid dienone is 4. The molecule has 2 aliphatic rings. The number of aryl methyl sites for hydroxylation is 1. The lowest BCUT2D eigenvalue weighted by Crippen LogP contribution is -2.34. The number of hydrogen-bond donors (Lipinski definition) is 4. The fourth-order valence-electron chi connectivity index (χ4n) is 3.89. The van der Waals surface area contributed by atoms with Crippen molar-refractivity contribution in [1.29, 1.82) is 0 Å². The second-order valence-corrected chi connectivity index (χ2v) is 11.1. The van der Waals surface area contributed by atoms with Crippen molar-refractivity contribution < 1.29 is 15.0 Å². The molecule has 0 aliphatic carbocycles. The van der Waals surface area contributed by atoms with Crippen LogP contribution in [0.3, 0.4) is 0 Å². The number of fused-ring (bicyclic) bond motifs is 2. The summed E-state index contributed by atoms with van der Waals surface area (Å²) >= 11 is 7.67. The number of nitrogens with zero attached hydrogens (tertiary/aromatic N) is 2. The Morgan fingerprint density at radius 1 is 1.19 bits per heavy atom. The number of rotatable bonds is 4. The number of aliphatic hydroxyl groups is 1. The summed E-state index contributed by atoms with van der Waals surface area (Å²) in [4.78, 5) is 16.5. The number of aliphatic carboxylic acids is 1. The van der Waals surface area contributed by atoms with Gasteiger partial charge in [0.15, 0.2) is 0 Å². The highest BCUT2D eigenvalue weighted by Gasteiger charge is 2.23. The van der Waals surface area contributed by atoms with Gasteiger partial charge in [-0.3, -0.25) is 9.80 Å². The highest BCUT2D eigenvalue weighted by molar-refractivity contribution is 7.20. The summed E-state index contributed by atoms with van der Waals surface area (Å²) in [5.41, 5.74) is 13.2. The van der Waals surface area contributed by atoms with E-state index >= 15 is 0 Å². The molecule has 9 heteroatoms. The van der Waals surface area contributed by atoms with Crippen molar-refractivity contribution in [2.45, 2.75) is 46.6 Å². The number of halogens is 1. The molecule has 0 amide bonds. The van der Waals surface area contributed by atoms with Crippen molar-refractivity contribution in [3.8, 4) is 11.1 Å². The van der Waals surface area contributed by atoms with Crippen LogP contribution >= 0.6 is 22.9 Å². The third kappa shape index (κ3) is 5.79. The summed E-state index contributed by atoms with van der Waals surface area (Å²) < 4.78 is 0.976. The average molecular weight is 525 g/mol. The maximum Gasteiger partial charge on any atom is 0.307 e. The average Bonchev–Trinajstić information content (AvgIpc) is 3.37. The molecule has 4 N–H and O–H groups in total. The number of carboxylic acids is 1. The maximum atomic E-state index is 11.6. The molecule has 7 nitrogen and oxygen atoms in total. The van der Waals surface area contributed by atoms with Crippen LogP contribution in [0.25, 0.3) is 26.9 Å². The molecule has 36 heavy (non-hydrogen) atoms. The van der Waals surface area contributed by atoms with E-state index in [0.29, 0.717) is 5.02 Å². The quantitative estimate of drug-likeness (QED) is 0.342. The minimum absolute atomic E-state index is 0.0477. The number of aromatic nitrogens is 1. The van der Waals surface area contributed by atoms with Crippen LogP contribution in [0.5, 0.6) is 0 Å². The van der Waals surface area contributed by atoms with Crippen LogP contribution in [-0.4, -0.2) is 31.8 Å². The summed E-state index contributed by atoms with van der Waals surface area (Å²) in [7, 11) is 0. The molecule has 3 aromatic rings. The van der Waals surface area contributed by atoms with Crippen LogP contribution < -0.4 is 11.0 Å².